The van der Waals surface area contributed by atoms with Gasteiger partial charge in [0.15, 0.2) is 16.7 Å². The standard InChI is InChI=1S/C21H19FN4O3S/c1-11-18(13-5-6-13)26-21(30-11)25-17(27)10-12-4-7-16(15(22)9-12)29-20-14(19(23)28)3-2-8-24-20/h2-4,7-9,13H,5-6,10H2,1H3,(H2,23,28)(H,25,26,27). The van der Waals surface area contributed by atoms with Gasteiger partial charge in [-0.2, -0.15) is 0 Å². The summed E-state index contributed by atoms with van der Waals surface area (Å²) in [4.78, 5) is 33.3. The molecule has 1 aromatic carbocycles. The number of benzene rings is 1. The normalized spacial score (nSPS) is 13.1. The Hall–Kier alpha value is -3.33. The van der Waals surface area contributed by atoms with Crippen LogP contribution in [-0.2, 0) is 11.2 Å². The minimum absolute atomic E-state index is 0.00921. The minimum atomic E-state index is -0.728. The predicted octanol–water partition coefficient (Wildman–Crippen LogP) is 3.94. The highest BCUT2D eigenvalue weighted by Crippen LogP contribution is 2.43. The molecule has 154 valence electrons. The van der Waals surface area contributed by atoms with E-state index in [4.69, 9.17) is 10.5 Å². The van der Waals surface area contributed by atoms with Crippen LogP contribution in [0.1, 0.15) is 45.3 Å². The van der Waals surface area contributed by atoms with Gasteiger partial charge in [-0.25, -0.2) is 14.4 Å². The summed E-state index contributed by atoms with van der Waals surface area (Å²) in [6.07, 6.45) is 3.69. The topological polar surface area (TPSA) is 107 Å². The van der Waals surface area contributed by atoms with Gasteiger partial charge in [0.05, 0.1) is 12.1 Å². The maximum Gasteiger partial charge on any atom is 0.254 e. The first-order chi connectivity index (χ1) is 14.4. The Kier molecular flexibility index (Phi) is 5.45. The van der Waals surface area contributed by atoms with Gasteiger partial charge in [0.25, 0.3) is 5.91 Å². The number of primary amides is 1. The molecule has 2 heterocycles. The van der Waals surface area contributed by atoms with Gasteiger partial charge in [0, 0.05) is 17.0 Å². The van der Waals surface area contributed by atoms with Gasteiger partial charge in [-0.1, -0.05) is 6.07 Å². The number of rotatable bonds is 7. The van der Waals surface area contributed by atoms with Crippen molar-refractivity contribution in [1.82, 2.24) is 9.97 Å². The van der Waals surface area contributed by atoms with Crippen molar-refractivity contribution in [3.05, 3.63) is 64.0 Å². The van der Waals surface area contributed by atoms with Crippen molar-refractivity contribution >= 4 is 28.3 Å². The van der Waals surface area contributed by atoms with Crippen LogP contribution in [0.25, 0.3) is 0 Å². The lowest BCUT2D eigenvalue weighted by atomic mass is 10.1. The predicted molar refractivity (Wildman–Crippen MR) is 110 cm³/mol. The van der Waals surface area contributed by atoms with Crippen molar-refractivity contribution in [3.8, 4) is 11.6 Å². The van der Waals surface area contributed by atoms with Crippen LogP contribution < -0.4 is 15.8 Å². The van der Waals surface area contributed by atoms with Crippen LogP contribution in [0.15, 0.2) is 36.5 Å². The molecule has 0 atom stereocenters. The number of hydrogen-bond donors (Lipinski definition) is 2. The van der Waals surface area contributed by atoms with E-state index in [1.807, 2.05) is 6.92 Å². The summed E-state index contributed by atoms with van der Waals surface area (Å²) in [6.45, 7) is 2.00. The molecule has 3 N–H and O–H groups in total. The lowest BCUT2D eigenvalue weighted by Crippen LogP contribution is -2.14. The summed E-state index contributed by atoms with van der Waals surface area (Å²) in [5.41, 5.74) is 6.86. The summed E-state index contributed by atoms with van der Waals surface area (Å²) in [5.74, 6) is -1.37. The number of thiazole rings is 1. The number of ether oxygens (including phenoxy) is 1. The number of hydrogen-bond acceptors (Lipinski definition) is 6. The first-order valence-electron chi connectivity index (χ1n) is 9.39. The SMILES string of the molecule is Cc1sc(NC(=O)Cc2ccc(Oc3ncccc3C(N)=O)c(F)c2)nc1C1CC1. The summed E-state index contributed by atoms with van der Waals surface area (Å²) < 4.78 is 19.9. The first-order valence-corrected chi connectivity index (χ1v) is 10.2. The van der Waals surface area contributed by atoms with Crippen LogP contribution in [-0.4, -0.2) is 21.8 Å². The second kappa shape index (κ2) is 8.19. The monoisotopic (exact) mass is 426 g/mol. The lowest BCUT2D eigenvalue weighted by Gasteiger charge is -2.09. The molecule has 0 spiro atoms. The Balaban J connectivity index is 1.42. The number of pyridine rings is 1. The van der Waals surface area contributed by atoms with Crippen LogP contribution >= 0.6 is 11.3 Å². The second-order valence-corrected chi connectivity index (χ2v) is 8.25. The molecule has 4 rings (SSSR count). The quantitative estimate of drug-likeness (QED) is 0.595. The maximum absolute atomic E-state index is 14.5. The second-order valence-electron chi connectivity index (χ2n) is 7.05. The number of carbonyl (C=O) groups excluding carboxylic acids is 2. The number of halogens is 1. The molecular formula is C21H19FN4O3S. The molecule has 0 aliphatic heterocycles. The van der Waals surface area contributed by atoms with Crippen molar-refractivity contribution < 1.29 is 18.7 Å². The van der Waals surface area contributed by atoms with E-state index in [0.29, 0.717) is 16.6 Å². The highest BCUT2D eigenvalue weighted by Gasteiger charge is 2.28. The van der Waals surface area contributed by atoms with Gasteiger partial charge in [-0.05, 0) is 49.6 Å². The minimum Gasteiger partial charge on any atom is -0.435 e. The molecule has 7 nitrogen and oxygen atoms in total. The van der Waals surface area contributed by atoms with Gasteiger partial charge >= 0.3 is 0 Å². The smallest absolute Gasteiger partial charge is 0.254 e. The summed E-state index contributed by atoms with van der Waals surface area (Å²) in [6, 6.07) is 7.15. The van der Waals surface area contributed by atoms with E-state index in [2.05, 4.69) is 15.3 Å². The van der Waals surface area contributed by atoms with Crippen molar-refractivity contribution in [3.63, 3.8) is 0 Å². The highest BCUT2D eigenvalue weighted by molar-refractivity contribution is 7.15. The van der Waals surface area contributed by atoms with Crippen LogP contribution in [0.3, 0.4) is 0 Å². The average Bonchev–Trinajstić information content (AvgIpc) is 3.47. The van der Waals surface area contributed by atoms with Crippen molar-refractivity contribution in [2.75, 3.05) is 5.32 Å². The lowest BCUT2D eigenvalue weighted by molar-refractivity contribution is -0.115. The van der Waals surface area contributed by atoms with Gasteiger partial charge < -0.3 is 15.8 Å². The van der Waals surface area contributed by atoms with Gasteiger partial charge in [-0.3, -0.25) is 9.59 Å². The van der Waals surface area contributed by atoms with Crippen molar-refractivity contribution in [2.24, 2.45) is 5.73 Å². The Bertz CT molecular complexity index is 1130. The summed E-state index contributed by atoms with van der Waals surface area (Å²) in [5, 5.41) is 3.35. The van der Waals surface area contributed by atoms with E-state index in [1.165, 1.54) is 41.8 Å². The first kappa shape index (κ1) is 20.0. The Morgan fingerprint density at radius 3 is 2.83 bits per heavy atom. The zero-order chi connectivity index (χ0) is 21.3. The Labute approximate surface area is 176 Å². The third-order valence-electron chi connectivity index (χ3n) is 4.65. The third-order valence-corrected chi connectivity index (χ3v) is 5.55. The van der Waals surface area contributed by atoms with Crippen molar-refractivity contribution in [1.29, 1.82) is 0 Å². The highest BCUT2D eigenvalue weighted by atomic mass is 32.1. The van der Waals surface area contributed by atoms with Gasteiger partial charge in [-0.15, -0.1) is 11.3 Å². The summed E-state index contributed by atoms with van der Waals surface area (Å²) in [7, 11) is 0. The van der Waals surface area contributed by atoms with Crippen molar-refractivity contribution in [2.45, 2.75) is 32.1 Å². The van der Waals surface area contributed by atoms with Crippen LogP contribution in [0.2, 0.25) is 0 Å². The molecule has 1 saturated carbocycles. The molecule has 0 radical (unpaired) electrons. The average molecular weight is 426 g/mol. The fourth-order valence-corrected chi connectivity index (χ4v) is 3.96. The number of amides is 2. The molecule has 0 bridgehead atoms. The Morgan fingerprint density at radius 1 is 1.33 bits per heavy atom. The largest absolute Gasteiger partial charge is 0.435 e. The molecule has 1 aliphatic carbocycles. The van der Waals surface area contributed by atoms with Crippen LogP contribution in [0.4, 0.5) is 9.52 Å². The summed E-state index contributed by atoms with van der Waals surface area (Å²) >= 11 is 1.45. The van der Waals surface area contributed by atoms with E-state index >= 15 is 0 Å². The number of anilines is 1. The zero-order valence-corrected chi connectivity index (χ0v) is 17.0. The number of nitrogens with zero attached hydrogens (tertiary/aromatic N) is 2. The van der Waals surface area contributed by atoms with Crippen LogP contribution in [0, 0.1) is 12.7 Å². The van der Waals surface area contributed by atoms with Gasteiger partial charge in [0.1, 0.15) is 5.56 Å². The molecule has 3 aromatic rings. The van der Waals surface area contributed by atoms with Gasteiger partial charge in [0.2, 0.25) is 11.8 Å². The number of nitrogens with two attached hydrogens (primary N) is 1. The van der Waals surface area contributed by atoms with E-state index in [0.717, 1.165) is 23.4 Å². The third kappa shape index (κ3) is 4.46. The molecule has 1 fully saturated rings. The molecule has 2 amide bonds. The maximum atomic E-state index is 14.5. The Morgan fingerprint density at radius 2 is 2.13 bits per heavy atom. The van der Waals surface area contributed by atoms with E-state index in [-0.39, 0.29) is 29.5 Å². The molecule has 30 heavy (non-hydrogen) atoms. The number of aromatic nitrogens is 2. The fraction of sp³-hybridized carbons (Fsp3) is 0.238. The molecule has 0 saturated heterocycles. The van der Waals surface area contributed by atoms with E-state index in [9.17, 15) is 14.0 Å². The molecule has 1 aliphatic rings. The number of nitrogens with one attached hydrogen (secondary N) is 1. The fourth-order valence-electron chi connectivity index (χ4n) is 3.05. The molecular weight excluding hydrogens is 407 g/mol. The molecule has 9 heteroatoms. The van der Waals surface area contributed by atoms with E-state index < -0.39 is 11.7 Å². The zero-order valence-electron chi connectivity index (χ0n) is 16.1. The van der Waals surface area contributed by atoms with Crippen LogP contribution in [0.5, 0.6) is 11.6 Å². The molecule has 0 unspecified atom stereocenters. The molecule has 2 aromatic heterocycles. The number of carbonyl (C=O) groups is 2. The number of aryl methyl sites for hydroxylation is 1. The van der Waals surface area contributed by atoms with E-state index in [1.54, 1.807) is 6.07 Å².